The van der Waals surface area contributed by atoms with Crippen LogP contribution < -0.4 is 5.32 Å². The second-order valence-electron chi connectivity index (χ2n) is 7.52. The zero-order valence-corrected chi connectivity index (χ0v) is 17.6. The Labute approximate surface area is 180 Å². The fourth-order valence-corrected chi connectivity index (χ4v) is 4.57. The topological polar surface area (TPSA) is 80.0 Å². The first-order valence-electron chi connectivity index (χ1n) is 10.4. The van der Waals surface area contributed by atoms with E-state index in [1.54, 1.807) is 0 Å². The normalized spacial score (nSPS) is 15.6. The van der Waals surface area contributed by atoms with E-state index in [1.807, 2.05) is 65.2 Å². The Balaban J connectivity index is 1.54. The predicted octanol–water partition coefficient (Wildman–Crippen LogP) is 3.89. The number of nitrogens with zero attached hydrogens (tertiary/aromatic N) is 3. The number of aromatic nitrogens is 3. The number of rotatable bonds is 7. The lowest BCUT2D eigenvalue weighted by Crippen LogP contribution is -2.37. The molecule has 1 atom stereocenters. The van der Waals surface area contributed by atoms with Crippen molar-refractivity contribution in [2.24, 2.45) is 0 Å². The standard InChI is InChI=1S/C23H26N4O2S/c28-20(24-18-12-6-2-7-13-18)16-30-23-26-25-22(21(29)17-10-4-1-5-11-17)27(23)19-14-8-3-9-15-19/h1,3-5,8-11,14-15,18,21,29H,2,6-7,12-13,16H2,(H,24,28)/t21-/m1/s1. The smallest absolute Gasteiger partial charge is 0.230 e. The van der Waals surface area contributed by atoms with Gasteiger partial charge in [-0.05, 0) is 30.5 Å². The molecule has 0 radical (unpaired) electrons. The van der Waals surface area contributed by atoms with E-state index in [4.69, 9.17) is 0 Å². The molecule has 6 nitrogen and oxygen atoms in total. The summed E-state index contributed by atoms with van der Waals surface area (Å²) >= 11 is 1.34. The Morgan fingerprint density at radius 3 is 2.40 bits per heavy atom. The number of hydrogen-bond acceptors (Lipinski definition) is 5. The van der Waals surface area contributed by atoms with Crippen LogP contribution in [0.25, 0.3) is 5.69 Å². The summed E-state index contributed by atoms with van der Waals surface area (Å²) in [6.07, 6.45) is 4.83. The number of carbonyl (C=O) groups is 1. The van der Waals surface area contributed by atoms with Crippen LogP contribution in [0.5, 0.6) is 0 Å². The first-order valence-corrected chi connectivity index (χ1v) is 11.4. The van der Waals surface area contributed by atoms with E-state index < -0.39 is 6.10 Å². The van der Waals surface area contributed by atoms with E-state index in [1.165, 1.54) is 31.0 Å². The zero-order chi connectivity index (χ0) is 20.8. The highest BCUT2D eigenvalue weighted by Crippen LogP contribution is 2.28. The molecular formula is C23H26N4O2S. The van der Waals surface area contributed by atoms with Gasteiger partial charge in [-0.1, -0.05) is 79.6 Å². The van der Waals surface area contributed by atoms with Gasteiger partial charge in [0.15, 0.2) is 11.0 Å². The maximum Gasteiger partial charge on any atom is 0.230 e. The van der Waals surface area contributed by atoms with Gasteiger partial charge in [0, 0.05) is 11.7 Å². The lowest BCUT2D eigenvalue weighted by Gasteiger charge is -2.22. The molecule has 2 aromatic carbocycles. The minimum atomic E-state index is -0.913. The number of benzene rings is 2. The third kappa shape index (κ3) is 4.91. The number of aliphatic hydroxyl groups excluding tert-OH is 1. The Hall–Kier alpha value is -2.64. The summed E-state index contributed by atoms with van der Waals surface area (Å²) < 4.78 is 1.83. The Kier molecular flexibility index (Phi) is 6.81. The van der Waals surface area contributed by atoms with E-state index in [0.717, 1.165) is 24.1 Å². The van der Waals surface area contributed by atoms with E-state index >= 15 is 0 Å². The van der Waals surface area contributed by atoms with Crippen LogP contribution in [0.15, 0.2) is 65.8 Å². The van der Waals surface area contributed by atoms with Gasteiger partial charge in [-0.3, -0.25) is 9.36 Å². The zero-order valence-electron chi connectivity index (χ0n) is 16.8. The van der Waals surface area contributed by atoms with Crippen LogP contribution in [-0.2, 0) is 4.79 Å². The number of para-hydroxylation sites is 1. The van der Waals surface area contributed by atoms with Crippen molar-refractivity contribution < 1.29 is 9.90 Å². The molecule has 0 aliphatic heterocycles. The molecule has 2 N–H and O–H groups in total. The number of nitrogens with one attached hydrogen (secondary N) is 1. The minimum Gasteiger partial charge on any atom is -0.380 e. The number of carbonyl (C=O) groups excluding carboxylic acids is 1. The second-order valence-corrected chi connectivity index (χ2v) is 8.46. The molecule has 0 spiro atoms. The summed E-state index contributed by atoms with van der Waals surface area (Å²) in [5.41, 5.74) is 1.59. The van der Waals surface area contributed by atoms with Gasteiger partial charge in [-0.25, -0.2) is 0 Å². The minimum absolute atomic E-state index is 0.0136. The highest BCUT2D eigenvalue weighted by molar-refractivity contribution is 7.99. The number of hydrogen-bond donors (Lipinski definition) is 2. The molecule has 1 aliphatic carbocycles. The fourth-order valence-electron chi connectivity index (χ4n) is 3.80. The number of amides is 1. The molecule has 156 valence electrons. The van der Waals surface area contributed by atoms with Crippen LogP contribution in [0.1, 0.15) is 49.6 Å². The molecule has 1 fully saturated rings. The summed E-state index contributed by atoms with van der Waals surface area (Å²) in [6, 6.07) is 19.4. The van der Waals surface area contributed by atoms with Crippen molar-refractivity contribution in [3.63, 3.8) is 0 Å². The van der Waals surface area contributed by atoms with E-state index in [9.17, 15) is 9.90 Å². The van der Waals surface area contributed by atoms with Gasteiger partial charge in [0.25, 0.3) is 0 Å². The average Bonchev–Trinajstić information content (AvgIpc) is 3.23. The summed E-state index contributed by atoms with van der Waals surface area (Å²) in [7, 11) is 0. The van der Waals surface area contributed by atoms with E-state index in [2.05, 4.69) is 15.5 Å². The molecule has 3 aromatic rings. The molecular weight excluding hydrogens is 396 g/mol. The summed E-state index contributed by atoms with van der Waals surface area (Å²) in [4.78, 5) is 12.5. The first kappa shape index (κ1) is 20.6. The quantitative estimate of drug-likeness (QED) is 0.565. The molecule has 0 bridgehead atoms. The van der Waals surface area contributed by atoms with Crippen molar-refractivity contribution in [3.05, 3.63) is 72.1 Å². The molecule has 1 amide bonds. The molecule has 1 heterocycles. The summed E-state index contributed by atoms with van der Waals surface area (Å²) in [5, 5.41) is 23.2. The lowest BCUT2D eigenvalue weighted by molar-refractivity contribution is -0.119. The maximum absolute atomic E-state index is 12.5. The molecule has 1 aromatic heterocycles. The Morgan fingerprint density at radius 2 is 1.70 bits per heavy atom. The first-order chi connectivity index (χ1) is 14.7. The van der Waals surface area contributed by atoms with Gasteiger partial charge in [-0.2, -0.15) is 0 Å². The van der Waals surface area contributed by atoms with Crippen molar-refractivity contribution in [1.82, 2.24) is 20.1 Å². The van der Waals surface area contributed by atoms with Crippen molar-refractivity contribution in [2.45, 2.75) is 49.4 Å². The molecule has 7 heteroatoms. The maximum atomic E-state index is 12.5. The third-order valence-corrected chi connectivity index (χ3v) is 6.26. The van der Waals surface area contributed by atoms with Crippen LogP contribution in [0.4, 0.5) is 0 Å². The molecule has 1 saturated carbocycles. The molecule has 1 aliphatic rings. The third-order valence-electron chi connectivity index (χ3n) is 5.34. The van der Waals surface area contributed by atoms with Crippen molar-refractivity contribution in [2.75, 3.05) is 5.75 Å². The SMILES string of the molecule is O=C(CSc1nnc([C@H](O)c2ccccc2)n1-c1ccccc1)NC1CCCCC1. The number of thioether (sulfide) groups is 1. The fraction of sp³-hybridized carbons (Fsp3) is 0.348. The van der Waals surface area contributed by atoms with Crippen LogP contribution in [0, 0.1) is 0 Å². The summed E-state index contributed by atoms with van der Waals surface area (Å²) in [5.74, 6) is 0.713. The van der Waals surface area contributed by atoms with Gasteiger partial charge < -0.3 is 10.4 Å². The van der Waals surface area contributed by atoms with Gasteiger partial charge >= 0.3 is 0 Å². The second kappa shape index (κ2) is 9.91. The molecule has 0 unspecified atom stereocenters. The Morgan fingerprint density at radius 1 is 1.03 bits per heavy atom. The lowest BCUT2D eigenvalue weighted by atomic mass is 9.95. The van der Waals surface area contributed by atoms with Crippen molar-refractivity contribution >= 4 is 17.7 Å². The van der Waals surface area contributed by atoms with Gasteiger partial charge in [-0.15, -0.1) is 10.2 Å². The highest BCUT2D eigenvalue weighted by atomic mass is 32.2. The van der Waals surface area contributed by atoms with E-state index in [0.29, 0.717) is 11.0 Å². The largest absolute Gasteiger partial charge is 0.380 e. The van der Waals surface area contributed by atoms with Crippen molar-refractivity contribution in [3.8, 4) is 5.69 Å². The van der Waals surface area contributed by atoms with E-state index in [-0.39, 0.29) is 17.7 Å². The average molecular weight is 423 g/mol. The van der Waals surface area contributed by atoms with Crippen molar-refractivity contribution in [1.29, 1.82) is 0 Å². The summed E-state index contributed by atoms with van der Waals surface area (Å²) in [6.45, 7) is 0. The molecule has 0 saturated heterocycles. The van der Waals surface area contributed by atoms with Crippen LogP contribution in [0.3, 0.4) is 0 Å². The van der Waals surface area contributed by atoms with Crippen LogP contribution >= 0.6 is 11.8 Å². The van der Waals surface area contributed by atoms with Crippen LogP contribution in [0.2, 0.25) is 0 Å². The molecule has 4 rings (SSSR count). The van der Waals surface area contributed by atoms with Gasteiger partial charge in [0.1, 0.15) is 6.10 Å². The van der Waals surface area contributed by atoms with Gasteiger partial charge in [0.2, 0.25) is 5.91 Å². The highest BCUT2D eigenvalue weighted by Gasteiger charge is 2.23. The van der Waals surface area contributed by atoms with Crippen LogP contribution in [-0.4, -0.2) is 37.6 Å². The van der Waals surface area contributed by atoms with Gasteiger partial charge in [0.05, 0.1) is 5.75 Å². The Bertz CT molecular complexity index is 956. The molecule has 30 heavy (non-hydrogen) atoms. The predicted molar refractivity (Wildman–Crippen MR) is 118 cm³/mol. The monoisotopic (exact) mass is 422 g/mol. The number of aliphatic hydroxyl groups is 1.